The van der Waals surface area contributed by atoms with Crippen LogP contribution in [0.4, 0.5) is 16.2 Å². The van der Waals surface area contributed by atoms with Crippen LogP contribution in [-0.2, 0) is 6.54 Å². The average Bonchev–Trinajstić information content (AvgIpc) is 2.93. The third-order valence-electron chi connectivity index (χ3n) is 2.90. The summed E-state index contributed by atoms with van der Waals surface area (Å²) in [5.74, 6) is 1.09. The minimum Gasteiger partial charge on any atom is -0.365 e. The lowest BCUT2D eigenvalue weighted by molar-refractivity contribution is 0.626. The van der Waals surface area contributed by atoms with E-state index in [0.29, 0.717) is 12.5 Å². The minimum absolute atomic E-state index is 0.233. The second kappa shape index (κ2) is 5.42. The molecule has 6 heteroatoms. The smallest absolute Gasteiger partial charge is 0.225 e. The van der Waals surface area contributed by atoms with Gasteiger partial charge in [0.25, 0.3) is 0 Å². The number of nitrogens with zero attached hydrogens (tertiary/aromatic N) is 2. The standard InChI is InChI=1S/C14H13FN4S/c1-16-14-18-12(11-5-6-20-13(11)19-14)17-8-9-3-2-4-10(15)7-9/h2-7H,8H2,1H3,(H2,16,17,18,19). The zero-order valence-electron chi connectivity index (χ0n) is 10.9. The summed E-state index contributed by atoms with van der Waals surface area (Å²) in [7, 11) is 1.78. The van der Waals surface area contributed by atoms with Gasteiger partial charge in [-0.25, -0.2) is 9.37 Å². The summed E-state index contributed by atoms with van der Waals surface area (Å²) in [5.41, 5.74) is 0.873. The molecular weight excluding hydrogens is 275 g/mol. The molecule has 2 N–H and O–H groups in total. The second-order valence-electron chi connectivity index (χ2n) is 4.27. The van der Waals surface area contributed by atoms with Crippen LogP contribution >= 0.6 is 11.3 Å². The Bertz CT molecular complexity index is 741. The molecule has 0 aliphatic rings. The van der Waals surface area contributed by atoms with E-state index in [1.54, 1.807) is 24.5 Å². The van der Waals surface area contributed by atoms with Crippen molar-refractivity contribution in [3.05, 3.63) is 47.1 Å². The molecule has 20 heavy (non-hydrogen) atoms. The molecule has 0 radical (unpaired) electrons. The molecule has 1 aromatic carbocycles. The topological polar surface area (TPSA) is 49.8 Å². The Morgan fingerprint density at radius 3 is 2.95 bits per heavy atom. The van der Waals surface area contributed by atoms with Crippen molar-refractivity contribution >= 4 is 33.3 Å². The van der Waals surface area contributed by atoms with Gasteiger partial charge in [0.2, 0.25) is 5.95 Å². The lowest BCUT2D eigenvalue weighted by Crippen LogP contribution is -2.05. The number of aromatic nitrogens is 2. The van der Waals surface area contributed by atoms with Gasteiger partial charge >= 0.3 is 0 Å². The first kappa shape index (κ1) is 12.8. The highest BCUT2D eigenvalue weighted by atomic mass is 32.1. The van der Waals surface area contributed by atoms with Gasteiger partial charge in [-0.2, -0.15) is 4.98 Å². The molecule has 0 saturated carbocycles. The zero-order valence-corrected chi connectivity index (χ0v) is 11.7. The van der Waals surface area contributed by atoms with Crippen LogP contribution in [0.25, 0.3) is 10.2 Å². The molecule has 2 aromatic heterocycles. The molecule has 0 amide bonds. The number of anilines is 2. The Morgan fingerprint density at radius 1 is 1.25 bits per heavy atom. The highest BCUT2D eigenvalue weighted by Gasteiger charge is 2.08. The Hall–Kier alpha value is -2.21. The first-order valence-corrected chi connectivity index (χ1v) is 7.05. The number of hydrogen-bond donors (Lipinski definition) is 2. The molecule has 3 rings (SSSR count). The van der Waals surface area contributed by atoms with Gasteiger partial charge in [0.1, 0.15) is 16.5 Å². The van der Waals surface area contributed by atoms with Crippen molar-refractivity contribution < 1.29 is 4.39 Å². The lowest BCUT2D eigenvalue weighted by Gasteiger charge is -2.08. The predicted molar refractivity (Wildman–Crippen MR) is 80.7 cm³/mol. The number of thiophene rings is 1. The van der Waals surface area contributed by atoms with Crippen molar-refractivity contribution in [3.8, 4) is 0 Å². The summed E-state index contributed by atoms with van der Waals surface area (Å²) in [6.45, 7) is 0.517. The van der Waals surface area contributed by atoms with Crippen molar-refractivity contribution in [3.63, 3.8) is 0 Å². The largest absolute Gasteiger partial charge is 0.365 e. The van der Waals surface area contributed by atoms with Crippen LogP contribution in [0.2, 0.25) is 0 Å². The van der Waals surface area contributed by atoms with E-state index in [2.05, 4.69) is 20.6 Å². The predicted octanol–water partition coefficient (Wildman–Crippen LogP) is 3.48. The van der Waals surface area contributed by atoms with Crippen molar-refractivity contribution in [1.29, 1.82) is 0 Å². The summed E-state index contributed by atoms with van der Waals surface area (Å²) >= 11 is 1.56. The summed E-state index contributed by atoms with van der Waals surface area (Å²) < 4.78 is 13.2. The van der Waals surface area contributed by atoms with Crippen LogP contribution in [0.1, 0.15) is 5.56 Å². The van der Waals surface area contributed by atoms with Gasteiger partial charge in [-0.1, -0.05) is 12.1 Å². The SMILES string of the molecule is CNc1nc(NCc2cccc(F)c2)c2ccsc2n1. The lowest BCUT2D eigenvalue weighted by atomic mass is 10.2. The fourth-order valence-corrected chi connectivity index (χ4v) is 2.70. The molecule has 4 nitrogen and oxygen atoms in total. The molecule has 0 fully saturated rings. The summed E-state index contributed by atoms with van der Waals surface area (Å²) in [6, 6.07) is 8.50. The maximum absolute atomic E-state index is 13.2. The van der Waals surface area contributed by atoms with Crippen molar-refractivity contribution in [2.24, 2.45) is 0 Å². The molecule has 0 atom stereocenters. The first-order chi connectivity index (χ1) is 9.76. The van der Waals surface area contributed by atoms with E-state index in [1.807, 2.05) is 17.5 Å². The normalized spacial score (nSPS) is 10.7. The molecule has 3 aromatic rings. The van der Waals surface area contributed by atoms with Gasteiger partial charge in [0.15, 0.2) is 0 Å². The monoisotopic (exact) mass is 288 g/mol. The van der Waals surface area contributed by atoms with Gasteiger partial charge in [0, 0.05) is 13.6 Å². The molecular formula is C14H13FN4S. The van der Waals surface area contributed by atoms with Crippen LogP contribution in [0.3, 0.4) is 0 Å². The van der Waals surface area contributed by atoms with Crippen LogP contribution in [0, 0.1) is 5.82 Å². The van der Waals surface area contributed by atoms with E-state index in [1.165, 1.54) is 12.1 Å². The number of rotatable bonds is 4. The minimum atomic E-state index is -0.233. The Kier molecular flexibility index (Phi) is 3.47. The van der Waals surface area contributed by atoms with Gasteiger partial charge in [-0.05, 0) is 29.1 Å². The highest BCUT2D eigenvalue weighted by Crippen LogP contribution is 2.26. The van der Waals surface area contributed by atoms with Crippen molar-refractivity contribution in [2.45, 2.75) is 6.54 Å². The molecule has 102 valence electrons. The summed E-state index contributed by atoms with van der Waals surface area (Å²) in [4.78, 5) is 9.71. The number of halogens is 1. The van der Waals surface area contributed by atoms with Gasteiger partial charge in [0.05, 0.1) is 5.39 Å². The second-order valence-corrected chi connectivity index (χ2v) is 5.16. The average molecular weight is 288 g/mol. The maximum atomic E-state index is 13.2. The van der Waals surface area contributed by atoms with E-state index in [-0.39, 0.29) is 5.82 Å². The van der Waals surface area contributed by atoms with Crippen LogP contribution in [0.5, 0.6) is 0 Å². The molecule has 0 aliphatic carbocycles. The Labute approximate surface area is 119 Å². The van der Waals surface area contributed by atoms with Crippen LogP contribution in [-0.4, -0.2) is 17.0 Å². The van der Waals surface area contributed by atoms with E-state index >= 15 is 0 Å². The molecule has 0 saturated heterocycles. The fourth-order valence-electron chi connectivity index (χ4n) is 1.93. The van der Waals surface area contributed by atoms with Crippen molar-refractivity contribution in [2.75, 3.05) is 17.7 Å². The number of fused-ring (bicyclic) bond motifs is 1. The quantitative estimate of drug-likeness (QED) is 0.771. The Morgan fingerprint density at radius 2 is 2.15 bits per heavy atom. The molecule has 0 spiro atoms. The van der Waals surface area contributed by atoms with E-state index in [9.17, 15) is 4.39 Å². The van der Waals surface area contributed by atoms with Gasteiger partial charge < -0.3 is 10.6 Å². The highest BCUT2D eigenvalue weighted by molar-refractivity contribution is 7.16. The third kappa shape index (κ3) is 2.55. The summed E-state index contributed by atoms with van der Waals surface area (Å²) in [6.07, 6.45) is 0. The third-order valence-corrected chi connectivity index (χ3v) is 3.70. The molecule has 0 unspecified atom stereocenters. The molecule has 0 aliphatic heterocycles. The Balaban J connectivity index is 1.88. The van der Waals surface area contributed by atoms with E-state index in [0.717, 1.165) is 21.6 Å². The van der Waals surface area contributed by atoms with E-state index in [4.69, 9.17) is 0 Å². The number of benzene rings is 1. The van der Waals surface area contributed by atoms with Crippen LogP contribution < -0.4 is 10.6 Å². The first-order valence-electron chi connectivity index (χ1n) is 6.17. The summed E-state index contributed by atoms with van der Waals surface area (Å²) in [5, 5.41) is 9.14. The van der Waals surface area contributed by atoms with Gasteiger partial charge in [-0.3, -0.25) is 0 Å². The zero-order chi connectivity index (χ0) is 13.9. The van der Waals surface area contributed by atoms with E-state index < -0.39 is 0 Å². The number of hydrogen-bond acceptors (Lipinski definition) is 5. The van der Waals surface area contributed by atoms with Crippen LogP contribution in [0.15, 0.2) is 35.7 Å². The molecule has 0 bridgehead atoms. The van der Waals surface area contributed by atoms with Gasteiger partial charge in [-0.15, -0.1) is 11.3 Å². The fraction of sp³-hybridized carbons (Fsp3) is 0.143. The molecule has 2 heterocycles. The maximum Gasteiger partial charge on any atom is 0.225 e. The van der Waals surface area contributed by atoms with Crippen molar-refractivity contribution in [1.82, 2.24) is 9.97 Å². The number of nitrogens with one attached hydrogen (secondary N) is 2.